The van der Waals surface area contributed by atoms with Crippen LogP contribution in [0.1, 0.15) is 26.2 Å². The predicted molar refractivity (Wildman–Crippen MR) is 51.8 cm³/mol. The molecule has 0 bridgehead atoms. The lowest BCUT2D eigenvalue weighted by Crippen LogP contribution is -2.63. The van der Waals surface area contributed by atoms with E-state index < -0.39 is 5.60 Å². The predicted octanol–water partition coefficient (Wildman–Crippen LogP) is 0.989. The van der Waals surface area contributed by atoms with E-state index >= 15 is 0 Å². The number of halogens is 1. The maximum Gasteiger partial charge on any atom is 0.222 e. The van der Waals surface area contributed by atoms with Gasteiger partial charge in [0.15, 0.2) is 0 Å². The lowest BCUT2D eigenvalue weighted by atomic mass is 9.91. The monoisotopic (exact) mass is 205 g/mol. The second-order valence-electron chi connectivity index (χ2n) is 3.62. The molecule has 1 N–H and O–H groups in total. The van der Waals surface area contributed by atoms with Crippen LogP contribution in [0.2, 0.25) is 0 Å². The fourth-order valence-corrected chi connectivity index (χ4v) is 1.57. The van der Waals surface area contributed by atoms with Gasteiger partial charge < -0.3 is 10.0 Å². The van der Waals surface area contributed by atoms with E-state index in [4.69, 9.17) is 11.6 Å². The van der Waals surface area contributed by atoms with Crippen molar-refractivity contribution in [3.63, 3.8) is 0 Å². The molecule has 1 fully saturated rings. The van der Waals surface area contributed by atoms with E-state index in [-0.39, 0.29) is 5.91 Å². The molecule has 0 spiro atoms. The van der Waals surface area contributed by atoms with E-state index in [1.807, 2.05) is 6.92 Å². The number of hydrogen-bond donors (Lipinski definition) is 1. The minimum absolute atomic E-state index is 0.110. The van der Waals surface area contributed by atoms with Crippen molar-refractivity contribution in [2.24, 2.45) is 0 Å². The van der Waals surface area contributed by atoms with E-state index in [0.29, 0.717) is 31.8 Å². The second kappa shape index (κ2) is 4.29. The van der Waals surface area contributed by atoms with Gasteiger partial charge in [-0.2, -0.15) is 0 Å². The van der Waals surface area contributed by atoms with Crippen molar-refractivity contribution in [2.75, 3.05) is 19.0 Å². The zero-order valence-electron chi connectivity index (χ0n) is 7.92. The maximum atomic E-state index is 11.3. The number of amides is 1. The fraction of sp³-hybridized carbons (Fsp3) is 0.889. The van der Waals surface area contributed by atoms with Crippen LogP contribution < -0.4 is 0 Å². The fourth-order valence-electron chi connectivity index (χ4n) is 1.44. The number of carbonyl (C=O) groups is 1. The number of alkyl halides is 1. The van der Waals surface area contributed by atoms with Gasteiger partial charge in [0.25, 0.3) is 0 Å². The highest BCUT2D eigenvalue weighted by atomic mass is 35.5. The number of rotatable bonds is 4. The number of likely N-dealkylation sites (tertiary alicyclic amines) is 1. The van der Waals surface area contributed by atoms with Crippen molar-refractivity contribution in [1.82, 2.24) is 4.90 Å². The Kier molecular flexibility index (Phi) is 3.56. The van der Waals surface area contributed by atoms with Gasteiger partial charge in [0, 0.05) is 12.3 Å². The van der Waals surface area contributed by atoms with Gasteiger partial charge in [-0.3, -0.25) is 4.79 Å². The van der Waals surface area contributed by atoms with E-state index in [1.54, 1.807) is 4.90 Å². The van der Waals surface area contributed by atoms with Crippen molar-refractivity contribution < 1.29 is 9.90 Å². The van der Waals surface area contributed by atoms with Gasteiger partial charge in [-0.15, -0.1) is 11.6 Å². The van der Waals surface area contributed by atoms with E-state index in [0.717, 1.165) is 6.42 Å². The summed E-state index contributed by atoms with van der Waals surface area (Å²) in [5, 5.41) is 9.64. The van der Waals surface area contributed by atoms with Crippen LogP contribution >= 0.6 is 11.6 Å². The van der Waals surface area contributed by atoms with Gasteiger partial charge in [0.2, 0.25) is 5.91 Å². The van der Waals surface area contributed by atoms with Crippen LogP contribution in [0.5, 0.6) is 0 Å². The number of aliphatic hydroxyl groups is 1. The molecule has 1 aliphatic rings. The molecule has 1 saturated heterocycles. The average molecular weight is 206 g/mol. The molecule has 4 heteroatoms. The summed E-state index contributed by atoms with van der Waals surface area (Å²) >= 11 is 5.47. The Morgan fingerprint density at radius 1 is 1.62 bits per heavy atom. The third-order valence-electron chi connectivity index (χ3n) is 2.51. The summed E-state index contributed by atoms with van der Waals surface area (Å²) in [5.41, 5.74) is -0.614. The van der Waals surface area contributed by atoms with Crippen molar-refractivity contribution in [3.05, 3.63) is 0 Å². The average Bonchev–Trinajstić information content (AvgIpc) is 2.09. The Hall–Kier alpha value is -0.280. The largest absolute Gasteiger partial charge is 0.386 e. The highest BCUT2D eigenvalue weighted by molar-refractivity contribution is 6.17. The molecule has 0 saturated carbocycles. The standard InChI is InChI=1S/C9H16ClNO2/c1-2-9(13)6-11(7-9)8(12)4-3-5-10/h13H,2-7H2,1H3. The molecular formula is C9H16ClNO2. The first kappa shape index (κ1) is 10.8. The first-order valence-electron chi connectivity index (χ1n) is 4.67. The number of hydrogen-bond acceptors (Lipinski definition) is 2. The van der Waals surface area contributed by atoms with Gasteiger partial charge in [-0.05, 0) is 12.8 Å². The molecule has 3 nitrogen and oxygen atoms in total. The summed E-state index contributed by atoms with van der Waals surface area (Å²) in [6.07, 6.45) is 1.94. The maximum absolute atomic E-state index is 11.3. The Morgan fingerprint density at radius 2 is 2.23 bits per heavy atom. The lowest BCUT2D eigenvalue weighted by Gasteiger charge is -2.46. The SMILES string of the molecule is CCC1(O)CN(C(=O)CCCCl)C1. The summed E-state index contributed by atoms with van der Waals surface area (Å²) in [6, 6.07) is 0. The Morgan fingerprint density at radius 3 is 2.69 bits per heavy atom. The first-order valence-corrected chi connectivity index (χ1v) is 5.21. The highest BCUT2D eigenvalue weighted by Crippen LogP contribution is 2.24. The molecule has 0 aromatic heterocycles. The van der Waals surface area contributed by atoms with Gasteiger partial charge in [-0.1, -0.05) is 6.92 Å². The van der Waals surface area contributed by atoms with Crippen molar-refractivity contribution in [2.45, 2.75) is 31.8 Å². The Balaban J connectivity index is 2.23. The number of nitrogens with zero attached hydrogens (tertiary/aromatic N) is 1. The highest BCUT2D eigenvalue weighted by Gasteiger charge is 2.41. The third-order valence-corrected chi connectivity index (χ3v) is 2.77. The molecule has 0 atom stereocenters. The van der Waals surface area contributed by atoms with Crippen LogP contribution in [0.15, 0.2) is 0 Å². The summed E-state index contributed by atoms with van der Waals surface area (Å²) in [5.74, 6) is 0.635. The third kappa shape index (κ3) is 2.58. The molecule has 1 aliphatic heterocycles. The quantitative estimate of drug-likeness (QED) is 0.696. The van der Waals surface area contributed by atoms with Crippen molar-refractivity contribution >= 4 is 17.5 Å². The van der Waals surface area contributed by atoms with Crippen molar-refractivity contribution in [1.29, 1.82) is 0 Å². The summed E-state index contributed by atoms with van der Waals surface area (Å²) < 4.78 is 0. The molecule has 0 radical (unpaired) electrons. The molecule has 0 aliphatic carbocycles. The minimum Gasteiger partial charge on any atom is -0.386 e. The second-order valence-corrected chi connectivity index (χ2v) is 4.00. The summed E-state index contributed by atoms with van der Waals surface area (Å²) in [6.45, 7) is 2.91. The zero-order valence-corrected chi connectivity index (χ0v) is 8.68. The molecular weight excluding hydrogens is 190 g/mol. The zero-order chi connectivity index (χ0) is 9.90. The molecule has 76 valence electrons. The number of β-amino-alcohol motifs (C(OH)–C–C–N with tert-alkyl or cyclic N) is 1. The van der Waals surface area contributed by atoms with Crippen molar-refractivity contribution in [3.8, 4) is 0 Å². The van der Waals surface area contributed by atoms with Gasteiger partial charge >= 0.3 is 0 Å². The van der Waals surface area contributed by atoms with Crippen LogP contribution in [-0.2, 0) is 4.79 Å². The molecule has 1 heterocycles. The topological polar surface area (TPSA) is 40.5 Å². The molecule has 1 rings (SSSR count). The molecule has 1 amide bonds. The van der Waals surface area contributed by atoms with Crippen LogP contribution in [0.4, 0.5) is 0 Å². The van der Waals surface area contributed by atoms with Gasteiger partial charge in [-0.25, -0.2) is 0 Å². The molecule has 0 aromatic rings. The normalized spacial score (nSPS) is 19.8. The molecule has 13 heavy (non-hydrogen) atoms. The summed E-state index contributed by atoms with van der Waals surface area (Å²) in [7, 11) is 0. The lowest BCUT2D eigenvalue weighted by molar-refractivity contribution is -0.155. The minimum atomic E-state index is -0.614. The van der Waals surface area contributed by atoms with Gasteiger partial charge in [0.1, 0.15) is 0 Å². The Labute approximate surface area is 83.7 Å². The summed E-state index contributed by atoms with van der Waals surface area (Å²) in [4.78, 5) is 13.0. The first-order chi connectivity index (χ1) is 6.11. The van der Waals surface area contributed by atoms with E-state index in [9.17, 15) is 9.90 Å². The van der Waals surface area contributed by atoms with E-state index in [2.05, 4.69) is 0 Å². The molecule has 0 aromatic carbocycles. The van der Waals surface area contributed by atoms with Crippen LogP contribution in [0.3, 0.4) is 0 Å². The van der Waals surface area contributed by atoms with Gasteiger partial charge in [0.05, 0.1) is 18.7 Å². The number of carbonyl (C=O) groups excluding carboxylic acids is 1. The van der Waals surface area contributed by atoms with Crippen LogP contribution in [0, 0.1) is 0 Å². The smallest absolute Gasteiger partial charge is 0.222 e. The van der Waals surface area contributed by atoms with Crippen LogP contribution in [0.25, 0.3) is 0 Å². The Bertz CT molecular complexity index is 190. The van der Waals surface area contributed by atoms with Crippen LogP contribution in [-0.4, -0.2) is 40.5 Å². The van der Waals surface area contributed by atoms with E-state index in [1.165, 1.54) is 0 Å². The molecule has 0 unspecified atom stereocenters.